The van der Waals surface area contributed by atoms with Crippen LogP contribution in [0.5, 0.6) is 11.5 Å². The standard InChI is InChI=1S/C13H16BrClO4S/c1-18-11-5-9(10(15)6-12(11)19-2)13(14)8-3-4-20(16,17)7-8/h5-6,8,13H,3-4,7H2,1-2H3. The van der Waals surface area contributed by atoms with Gasteiger partial charge in [-0.15, -0.1) is 0 Å². The summed E-state index contributed by atoms with van der Waals surface area (Å²) in [4.78, 5) is -0.118. The zero-order valence-corrected chi connectivity index (χ0v) is 14.4. The number of hydrogen-bond donors (Lipinski definition) is 0. The smallest absolute Gasteiger partial charge is 0.162 e. The normalized spacial score (nSPS) is 22.5. The summed E-state index contributed by atoms with van der Waals surface area (Å²) in [5, 5.41) is 0.536. The lowest BCUT2D eigenvalue weighted by molar-refractivity contribution is 0.354. The van der Waals surface area contributed by atoms with Gasteiger partial charge in [0, 0.05) is 15.9 Å². The van der Waals surface area contributed by atoms with Crippen LogP contribution in [-0.2, 0) is 9.84 Å². The van der Waals surface area contributed by atoms with Gasteiger partial charge in [-0.1, -0.05) is 27.5 Å². The van der Waals surface area contributed by atoms with Gasteiger partial charge in [-0.3, -0.25) is 0 Å². The molecule has 0 radical (unpaired) electrons. The Bertz CT molecular complexity index is 603. The summed E-state index contributed by atoms with van der Waals surface area (Å²) >= 11 is 9.85. The summed E-state index contributed by atoms with van der Waals surface area (Å²) in [5.41, 5.74) is 0.825. The van der Waals surface area contributed by atoms with Crippen molar-refractivity contribution in [3.05, 3.63) is 22.7 Å². The van der Waals surface area contributed by atoms with Crippen molar-refractivity contribution in [3.63, 3.8) is 0 Å². The Kier molecular flexibility index (Phi) is 4.87. The highest BCUT2D eigenvalue weighted by Crippen LogP contribution is 2.44. The molecule has 0 bridgehead atoms. The molecule has 0 saturated carbocycles. The monoisotopic (exact) mass is 382 g/mol. The van der Waals surface area contributed by atoms with Crippen LogP contribution in [0.4, 0.5) is 0 Å². The van der Waals surface area contributed by atoms with E-state index in [0.29, 0.717) is 22.9 Å². The summed E-state index contributed by atoms with van der Waals surface area (Å²) in [6.45, 7) is 0. The topological polar surface area (TPSA) is 52.6 Å². The Labute approximate surface area is 132 Å². The number of halogens is 2. The van der Waals surface area contributed by atoms with E-state index >= 15 is 0 Å². The average Bonchev–Trinajstić information content (AvgIpc) is 2.78. The first-order valence-corrected chi connectivity index (χ1v) is 9.25. The average molecular weight is 384 g/mol. The third kappa shape index (κ3) is 3.23. The molecule has 1 aromatic carbocycles. The quantitative estimate of drug-likeness (QED) is 0.749. The van der Waals surface area contributed by atoms with E-state index in [4.69, 9.17) is 21.1 Å². The maximum Gasteiger partial charge on any atom is 0.162 e. The molecule has 0 amide bonds. The van der Waals surface area contributed by atoms with Crippen LogP contribution < -0.4 is 9.47 Å². The maximum atomic E-state index is 11.6. The Hall–Kier alpha value is -0.460. The minimum absolute atomic E-state index is 0.0237. The number of sulfone groups is 1. The maximum absolute atomic E-state index is 11.6. The number of rotatable bonds is 4. The molecular formula is C13H16BrClO4S. The molecule has 2 unspecified atom stereocenters. The predicted octanol–water partition coefficient (Wildman–Crippen LogP) is 3.23. The van der Waals surface area contributed by atoms with Crippen molar-refractivity contribution in [1.29, 1.82) is 0 Å². The zero-order valence-electron chi connectivity index (χ0n) is 11.2. The first-order valence-electron chi connectivity index (χ1n) is 6.14. The van der Waals surface area contributed by atoms with Gasteiger partial charge in [-0.2, -0.15) is 0 Å². The molecule has 0 aliphatic carbocycles. The molecule has 1 fully saturated rings. The Morgan fingerprint density at radius 2 is 1.90 bits per heavy atom. The van der Waals surface area contributed by atoms with Crippen molar-refractivity contribution < 1.29 is 17.9 Å². The Morgan fingerprint density at radius 1 is 1.30 bits per heavy atom. The second-order valence-corrected chi connectivity index (χ2v) is 8.42. The number of ether oxygens (including phenoxy) is 2. The lowest BCUT2D eigenvalue weighted by atomic mass is 9.98. The van der Waals surface area contributed by atoms with E-state index in [1.165, 1.54) is 0 Å². The number of hydrogen-bond acceptors (Lipinski definition) is 4. The third-order valence-electron chi connectivity index (χ3n) is 3.48. The lowest BCUT2D eigenvalue weighted by Gasteiger charge is -2.19. The fourth-order valence-corrected chi connectivity index (χ4v) is 5.71. The van der Waals surface area contributed by atoms with Crippen molar-refractivity contribution >= 4 is 37.4 Å². The van der Waals surface area contributed by atoms with Crippen molar-refractivity contribution in [3.8, 4) is 11.5 Å². The molecule has 1 aliphatic heterocycles. The van der Waals surface area contributed by atoms with Gasteiger partial charge < -0.3 is 9.47 Å². The van der Waals surface area contributed by atoms with Crippen LogP contribution in [-0.4, -0.2) is 34.1 Å². The van der Waals surface area contributed by atoms with Gasteiger partial charge >= 0.3 is 0 Å². The minimum Gasteiger partial charge on any atom is -0.493 e. The number of methoxy groups -OCH3 is 2. The Balaban J connectivity index is 2.33. The van der Waals surface area contributed by atoms with Crippen molar-refractivity contribution in [1.82, 2.24) is 0 Å². The summed E-state index contributed by atoms with van der Waals surface area (Å²) in [6.07, 6.45) is 0.642. The molecule has 0 aromatic heterocycles. The molecule has 1 aromatic rings. The van der Waals surface area contributed by atoms with Crippen LogP contribution >= 0.6 is 27.5 Å². The molecule has 1 heterocycles. The second-order valence-electron chi connectivity index (χ2n) is 4.79. The highest BCUT2D eigenvalue weighted by atomic mass is 79.9. The summed E-state index contributed by atoms with van der Waals surface area (Å²) < 4.78 is 33.6. The van der Waals surface area contributed by atoms with Gasteiger partial charge in [0.05, 0.1) is 25.7 Å². The first-order chi connectivity index (χ1) is 9.38. The van der Waals surface area contributed by atoms with Crippen molar-refractivity contribution in [2.75, 3.05) is 25.7 Å². The van der Waals surface area contributed by atoms with Crippen molar-refractivity contribution in [2.45, 2.75) is 11.2 Å². The lowest BCUT2D eigenvalue weighted by Crippen LogP contribution is -2.10. The molecule has 0 N–H and O–H groups in total. The second kappa shape index (κ2) is 6.12. The summed E-state index contributed by atoms with van der Waals surface area (Å²) in [6, 6.07) is 3.49. The SMILES string of the molecule is COc1cc(Cl)c(C(Br)C2CCS(=O)(=O)C2)cc1OC. The zero-order chi connectivity index (χ0) is 14.9. The third-order valence-corrected chi connectivity index (χ3v) is 6.84. The molecule has 4 nitrogen and oxygen atoms in total. The van der Waals surface area contributed by atoms with Gasteiger partial charge in [0.2, 0.25) is 0 Å². The predicted molar refractivity (Wildman–Crippen MR) is 83.0 cm³/mol. The van der Waals surface area contributed by atoms with Gasteiger partial charge in [-0.25, -0.2) is 8.42 Å². The van der Waals surface area contributed by atoms with Crippen LogP contribution in [0.2, 0.25) is 5.02 Å². The van der Waals surface area contributed by atoms with E-state index in [0.717, 1.165) is 5.56 Å². The van der Waals surface area contributed by atoms with E-state index in [9.17, 15) is 8.42 Å². The molecular weight excluding hydrogens is 368 g/mol. The van der Waals surface area contributed by atoms with E-state index < -0.39 is 9.84 Å². The molecule has 0 spiro atoms. The van der Waals surface area contributed by atoms with Gasteiger partial charge in [0.1, 0.15) is 0 Å². The number of alkyl halides is 1. The summed E-state index contributed by atoms with van der Waals surface area (Å²) in [5.74, 6) is 1.59. The highest BCUT2D eigenvalue weighted by molar-refractivity contribution is 9.09. The van der Waals surface area contributed by atoms with Crippen LogP contribution in [0.3, 0.4) is 0 Å². The van der Waals surface area contributed by atoms with Crippen molar-refractivity contribution in [2.24, 2.45) is 5.92 Å². The Morgan fingerprint density at radius 3 is 2.40 bits per heavy atom. The van der Waals surface area contributed by atoms with E-state index in [1.54, 1.807) is 26.4 Å². The van der Waals surface area contributed by atoms with Crippen LogP contribution in [0.25, 0.3) is 0 Å². The van der Waals surface area contributed by atoms with Gasteiger partial charge in [0.15, 0.2) is 21.3 Å². The largest absolute Gasteiger partial charge is 0.493 e. The van der Waals surface area contributed by atoms with E-state index in [2.05, 4.69) is 15.9 Å². The fraction of sp³-hybridized carbons (Fsp3) is 0.538. The fourth-order valence-electron chi connectivity index (χ4n) is 2.39. The molecule has 2 rings (SSSR count). The number of benzene rings is 1. The molecule has 20 heavy (non-hydrogen) atoms. The van der Waals surface area contributed by atoms with Gasteiger partial charge in [0.25, 0.3) is 0 Å². The molecule has 1 aliphatic rings. The molecule has 112 valence electrons. The molecule has 1 saturated heterocycles. The van der Waals surface area contributed by atoms with Gasteiger partial charge in [-0.05, 0) is 24.0 Å². The molecule has 7 heteroatoms. The first kappa shape index (κ1) is 15.9. The molecule has 2 atom stereocenters. The van der Waals surface area contributed by atoms with Crippen LogP contribution in [0.1, 0.15) is 16.8 Å². The van der Waals surface area contributed by atoms with E-state index in [-0.39, 0.29) is 22.3 Å². The highest BCUT2D eigenvalue weighted by Gasteiger charge is 2.34. The van der Waals surface area contributed by atoms with Crippen LogP contribution in [0, 0.1) is 5.92 Å². The van der Waals surface area contributed by atoms with E-state index in [1.807, 2.05) is 0 Å². The van der Waals surface area contributed by atoms with Crippen LogP contribution in [0.15, 0.2) is 12.1 Å². The summed E-state index contributed by atoms with van der Waals surface area (Å²) in [7, 11) is 0.180. The minimum atomic E-state index is -2.92.